The lowest BCUT2D eigenvalue weighted by molar-refractivity contribution is -0.382. The number of anilines is 1. The van der Waals surface area contributed by atoms with Gasteiger partial charge in [0.15, 0.2) is 0 Å². The summed E-state index contributed by atoms with van der Waals surface area (Å²) in [6.45, 7) is 4.07. The van der Waals surface area contributed by atoms with Crippen molar-refractivity contribution in [2.45, 2.75) is 19.4 Å². The monoisotopic (exact) mass is 361 g/mol. The quantitative estimate of drug-likeness (QED) is 0.397. The largest absolute Gasteiger partial charge is 0.397 e. The number of rotatable bonds is 5. The molecule has 0 radical (unpaired) electrons. The van der Waals surface area contributed by atoms with Crippen LogP contribution in [0.15, 0.2) is 24.4 Å². The van der Waals surface area contributed by atoms with Gasteiger partial charge in [-0.25, -0.2) is 4.52 Å². The Balaban J connectivity index is 0.000000413. The van der Waals surface area contributed by atoms with Crippen molar-refractivity contribution in [2.24, 2.45) is 5.73 Å². The fourth-order valence-corrected chi connectivity index (χ4v) is 1.62. The second kappa shape index (κ2) is 7.53. The van der Waals surface area contributed by atoms with Crippen LogP contribution < -0.4 is 11.1 Å². The van der Waals surface area contributed by atoms with E-state index in [0.717, 1.165) is 7.11 Å². The zero-order chi connectivity index (χ0) is 18.5. The molecule has 0 aromatic carbocycles. The molecule has 12 heteroatoms. The Morgan fingerprint density at radius 1 is 1.50 bits per heavy atom. The summed E-state index contributed by atoms with van der Waals surface area (Å²) in [7, 11) is -3.29. The summed E-state index contributed by atoms with van der Waals surface area (Å²) in [6.07, 6.45) is 1.67. The second-order valence-corrected chi connectivity index (χ2v) is 6.48. The lowest BCUT2D eigenvalue weighted by Crippen LogP contribution is -2.39. The molecule has 4 N–H and O–H groups in total. The number of hydrogen-bond acceptors (Lipinski definition) is 8. The topological polar surface area (TPSA) is 162 Å². The average molecular weight is 361 g/mol. The molecule has 2 heterocycles. The van der Waals surface area contributed by atoms with E-state index < -0.39 is 20.9 Å². The second-order valence-electron chi connectivity index (χ2n) is 5.29. The number of nitrogens with two attached hydrogens (primary N) is 1. The number of nitrogens with zero attached hydrogens (tertiary/aromatic N) is 3. The number of nitrogens with one attached hydrogen (secondary N) is 1. The summed E-state index contributed by atoms with van der Waals surface area (Å²) in [5.41, 5.74) is 5.58. The minimum atomic E-state index is -4.16. The van der Waals surface area contributed by atoms with Gasteiger partial charge in [0, 0.05) is 18.3 Å². The zero-order valence-electron chi connectivity index (χ0n) is 13.3. The highest BCUT2D eigenvalue weighted by Gasteiger charge is 2.27. The van der Waals surface area contributed by atoms with Crippen LogP contribution in [0.5, 0.6) is 0 Å². The summed E-state index contributed by atoms with van der Waals surface area (Å²) >= 11 is 0. The number of pyridine rings is 1. The van der Waals surface area contributed by atoms with Crippen molar-refractivity contribution in [2.75, 3.05) is 19.0 Å². The minimum absolute atomic E-state index is 0.0304. The molecule has 11 nitrogen and oxygen atoms in total. The molecule has 24 heavy (non-hydrogen) atoms. The minimum Gasteiger partial charge on any atom is -0.357 e. The third-order valence-corrected chi connectivity index (χ3v) is 3.30. The molecule has 0 atom stereocenters. The fourth-order valence-electron chi connectivity index (χ4n) is 1.62. The molecule has 0 unspecified atom stereocenters. The summed E-state index contributed by atoms with van der Waals surface area (Å²) < 4.78 is 31.2. The smallest absolute Gasteiger partial charge is 0.357 e. The van der Waals surface area contributed by atoms with E-state index in [0.29, 0.717) is 12.1 Å². The van der Waals surface area contributed by atoms with Gasteiger partial charge in [-0.1, -0.05) is 6.07 Å². The van der Waals surface area contributed by atoms with Crippen molar-refractivity contribution in [3.63, 3.8) is 0 Å². The molecule has 134 valence electrons. The molecule has 0 aliphatic rings. The van der Waals surface area contributed by atoms with Crippen LogP contribution in [0.25, 0.3) is 5.52 Å². The molecular weight excluding hydrogens is 342 g/mol. The van der Waals surface area contributed by atoms with Crippen molar-refractivity contribution in [1.29, 1.82) is 0 Å². The standard InChI is InChI=1S/C11H15N5O2.CH4O4S/c1-11(2,7-12)13-10-9(16(17)18)8-5-3-4-6-15(8)14-10;1-5-6(2,3)4/h3-6H,7,12H2,1-2H3,(H,13,14);1H3,(H,2,3,4). The van der Waals surface area contributed by atoms with Gasteiger partial charge in [0.1, 0.15) is 5.52 Å². The van der Waals surface area contributed by atoms with Gasteiger partial charge in [0.05, 0.1) is 12.0 Å². The highest BCUT2D eigenvalue weighted by molar-refractivity contribution is 7.80. The third kappa shape index (κ3) is 5.42. The number of hydrogen-bond donors (Lipinski definition) is 3. The van der Waals surface area contributed by atoms with E-state index >= 15 is 0 Å². The van der Waals surface area contributed by atoms with E-state index in [2.05, 4.69) is 14.6 Å². The van der Waals surface area contributed by atoms with Gasteiger partial charge in [0.25, 0.3) is 0 Å². The van der Waals surface area contributed by atoms with Gasteiger partial charge in [-0.05, 0) is 26.0 Å². The van der Waals surface area contributed by atoms with Crippen LogP contribution in [0, 0.1) is 10.1 Å². The Labute approximate surface area is 138 Å². The summed E-state index contributed by atoms with van der Waals surface area (Å²) in [6, 6.07) is 5.16. The summed E-state index contributed by atoms with van der Waals surface area (Å²) in [5.74, 6) is 0.238. The molecule has 0 saturated carbocycles. The van der Waals surface area contributed by atoms with E-state index in [4.69, 9.17) is 10.3 Å². The van der Waals surface area contributed by atoms with Gasteiger partial charge >= 0.3 is 16.1 Å². The predicted molar refractivity (Wildman–Crippen MR) is 87.2 cm³/mol. The van der Waals surface area contributed by atoms with Crippen molar-refractivity contribution >= 4 is 27.4 Å². The van der Waals surface area contributed by atoms with Gasteiger partial charge in [-0.15, -0.1) is 5.10 Å². The van der Waals surface area contributed by atoms with E-state index in [9.17, 15) is 18.5 Å². The highest BCUT2D eigenvalue weighted by Crippen LogP contribution is 2.30. The molecule has 0 bridgehead atoms. The maximum absolute atomic E-state index is 11.2. The van der Waals surface area contributed by atoms with Crippen molar-refractivity contribution in [3.8, 4) is 0 Å². The molecule has 2 aromatic rings. The molecule has 0 saturated heterocycles. The van der Waals surface area contributed by atoms with E-state index in [-0.39, 0.29) is 11.5 Å². The molecular formula is C12H19N5O6S. The van der Waals surface area contributed by atoms with E-state index in [1.807, 2.05) is 13.8 Å². The normalized spacial score (nSPS) is 11.7. The van der Waals surface area contributed by atoms with Gasteiger partial charge in [-0.3, -0.25) is 18.9 Å². The molecule has 0 spiro atoms. The van der Waals surface area contributed by atoms with Crippen molar-refractivity contribution in [1.82, 2.24) is 9.61 Å². The Morgan fingerprint density at radius 3 is 2.54 bits per heavy atom. The molecule has 2 aromatic heterocycles. The first-order valence-electron chi connectivity index (χ1n) is 6.64. The van der Waals surface area contributed by atoms with Crippen LogP contribution >= 0.6 is 0 Å². The average Bonchev–Trinajstić information content (AvgIpc) is 2.84. The Bertz CT molecular complexity index is 816. The first-order chi connectivity index (χ1) is 11.0. The Hall–Kier alpha value is -2.28. The molecule has 0 aliphatic carbocycles. The Morgan fingerprint density at radius 2 is 2.08 bits per heavy atom. The van der Waals surface area contributed by atoms with Crippen molar-refractivity contribution in [3.05, 3.63) is 34.5 Å². The van der Waals surface area contributed by atoms with E-state index in [1.165, 1.54) is 4.52 Å². The lowest BCUT2D eigenvalue weighted by Gasteiger charge is -2.23. The fraction of sp³-hybridized carbons (Fsp3) is 0.417. The van der Waals surface area contributed by atoms with Crippen LogP contribution in [0.4, 0.5) is 11.5 Å². The molecule has 0 fully saturated rings. The molecule has 0 amide bonds. The Kier molecular flexibility index (Phi) is 6.20. The number of fused-ring (bicyclic) bond motifs is 1. The lowest BCUT2D eigenvalue weighted by atomic mass is 10.1. The first-order valence-corrected chi connectivity index (χ1v) is 8.00. The van der Waals surface area contributed by atoms with Gasteiger partial charge in [-0.2, -0.15) is 8.42 Å². The van der Waals surface area contributed by atoms with Gasteiger partial charge in [0.2, 0.25) is 5.82 Å². The van der Waals surface area contributed by atoms with Crippen LogP contribution in [0.2, 0.25) is 0 Å². The number of nitro groups is 1. The molecule has 2 rings (SSSR count). The number of aromatic nitrogens is 2. The van der Waals surface area contributed by atoms with Crippen molar-refractivity contribution < 1.29 is 22.1 Å². The first kappa shape index (κ1) is 19.8. The zero-order valence-corrected chi connectivity index (χ0v) is 14.1. The van der Waals surface area contributed by atoms with E-state index in [1.54, 1.807) is 24.4 Å². The predicted octanol–water partition coefficient (Wildman–Crippen LogP) is 0.827. The van der Waals surface area contributed by atoms with Gasteiger partial charge < -0.3 is 11.1 Å². The maximum Gasteiger partial charge on any atom is 0.397 e. The maximum atomic E-state index is 11.2. The van der Waals surface area contributed by atoms with Crippen LogP contribution in [0.3, 0.4) is 0 Å². The summed E-state index contributed by atoms with van der Waals surface area (Å²) in [4.78, 5) is 10.7. The molecule has 0 aliphatic heterocycles. The highest BCUT2D eigenvalue weighted by atomic mass is 32.3. The van der Waals surface area contributed by atoms with Crippen LogP contribution in [-0.2, 0) is 14.6 Å². The SMILES string of the molecule is CC(C)(CN)Nc1nn2ccccc2c1[N+](=O)[O-].COS(=O)(=O)O. The third-order valence-electron chi connectivity index (χ3n) is 2.87. The van der Waals surface area contributed by atoms with Crippen LogP contribution in [-0.4, -0.2) is 46.7 Å². The van der Waals surface area contributed by atoms with Crippen LogP contribution in [0.1, 0.15) is 13.8 Å². The summed E-state index contributed by atoms with van der Waals surface area (Å²) in [5, 5.41) is 18.3.